The summed E-state index contributed by atoms with van der Waals surface area (Å²) in [5.41, 5.74) is 4.39. The number of carbonyl (C=O) groups excluding carboxylic acids is 2. The van der Waals surface area contributed by atoms with Gasteiger partial charge >= 0.3 is 5.97 Å². The molecule has 0 saturated heterocycles. The Labute approximate surface area is 249 Å². The van der Waals surface area contributed by atoms with Crippen LogP contribution in [0.2, 0.25) is 0 Å². The number of aryl methyl sites for hydroxylation is 1. The maximum Gasteiger partial charge on any atom is 0.309 e. The standard InChI is InChI=1S/C30H34N4O4.C4H10/c1-5-6-7-8-20(2)19-38-30(36)22-11-13-24(14-12-22)32-29(35)25-18-28-31-16-15-26(34(28)33-25)23-10-9-21(3)27(17-23)37-4;1-3-4-2/h5-10,15-18,22,24H,2,11-14,19H2,1,3-4H3,(H,32,35);3-4H2,1-2H3/b6-5-,8-7-;. The second-order valence-corrected chi connectivity index (χ2v) is 10.5. The first kappa shape index (κ1) is 32.3. The number of nitrogens with zero attached hydrogens (tertiary/aromatic N) is 3. The van der Waals surface area contributed by atoms with Crippen LogP contribution in [0.1, 0.15) is 75.3 Å². The fraction of sp³-hybridized carbons (Fsp3) is 0.412. The fourth-order valence-corrected chi connectivity index (χ4v) is 4.57. The molecule has 2 heterocycles. The van der Waals surface area contributed by atoms with Crippen LogP contribution >= 0.6 is 0 Å². The highest BCUT2D eigenvalue weighted by Gasteiger charge is 2.29. The summed E-state index contributed by atoms with van der Waals surface area (Å²) in [6, 6.07) is 9.45. The number of amides is 1. The molecule has 42 heavy (non-hydrogen) atoms. The van der Waals surface area contributed by atoms with Gasteiger partial charge in [-0.15, -0.1) is 0 Å². The number of allylic oxidation sites excluding steroid dienone is 3. The van der Waals surface area contributed by atoms with E-state index in [9.17, 15) is 9.59 Å². The van der Waals surface area contributed by atoms with Crippen molar-refractivity contribution in [1.29, 1.82) is 0 Å². The molecule has 1 aliphatic carbocycles. The highest BCUT2D eigenvalue weighted by Crippen LogP contribution is 2.28. The van der Waals surface area contributed by atoms with E-state index in [0.29, 0.717) is 37.0 Å². The minimum Gasteiger partial charge on any atom is -0.496 e. The lowest BCUT2D eigenvalue weighted by molar-refractivity contribution is -0.148. The first-order valence-corrected chi connectivity index (χ1v) is 14.8. The van der Waals surface area contributed by atoms with Gasteiger partial charge in [-0.05, 0) is 62.8 Å². The molecule has 8 nitrogen and oxygen atoms in total. The van der Waals surface area contributed by atoms with Crippen molar-refractivity contribution in [3.63, 3.8) is 0 Å². The molecule has 1 aliphatic rings. The normalized spacial score (nSPS) is 16.7. The largest absolute Gasteiger partial charge is 0.496 e. The number of aromatic nitrogens is 3. The van der Waals surface area contributed by atoms with Crippen molar-refractivity contribution >= 4 is 17.5 Å². The van der Waals surface area contributed by atoms with Crippen molar-refractivity contribution in [1.82, 2.24) is 19.9 Å². The Kier molecular flexibility index (Phi) is 12.5. The van der Waals surface area contributed by atoms with Crippen LogP contribution in [0.25, 0.3) is 16.9 Å². The van der Waals surface area contributed by atoms with Crippen molar-refractivity contribution in [3.05, 3.63) is 84.2 Å². The number of hydrogen-bond donors (Lipinski definition) is 1. The molecule has 1 N–H and O–H groups in total. The molecule has 0 spiro atoms. The third kappa shape index (κ3) is 8.90. The molecule has 1 saturated carbocycles. The number of ether oxygens (including phenoxy) is 2. The quantitative estimate of drug-likeness (QED) is 0.207. The zero-order chi connectivity index (χ0) is 30.5. The van der Waals surface area contributed by atoms with Gasteiger partial charge in [0.15, 0.2) is 11.3 Å². The number of methoxy groups -OCH3 is 1. The molecule has 0 aliphatic heterocycles. The number of hydrogen-bond acceptors (Lipinski definition) is 6. The van der Waals surface area contributed by atoms with Gasteiger partial charge in [-0.1, -0.05) is 69.7 Å². The molecule has 1 fully saturated rings. The Morgan fingerprint density at radius 3 is 2.50 bits per heavy atom. The summed E-state index contributed by atoms with van der Waals surface area (Å²) in [4.78, 5) is 29.9. The van der Waals surface area contributed by atoms with Crippen LogP contribution in [-0.2, 0) is 9.53 Å². The first-order chi connectivity index (χ1) is 20.3. The Bertz CT molecular complexity index is 1410. The predicted molar refractivity (Wildman–Crippen MR) is 168 cm³/mol. The Morgan fingerprint density at radius 1 is 1.10 bits per heavy atom. The highest BCUT2D eigenvalue weighted by molar-refractivity contribution is 5.93. The lowest BCUT2D eigenvalue weighted by Gasteiger charge is -2.27. The van der Waals surface area contributed by atoms with E-state index in [0.717, 1.165) is 28.1 Å². The van der Waals surface area contributed by atoms with E-state index in [4.69, 9.17) is 9.47 Å². The average Bonchev–Trinajstić information content (AvgIpc) is 3.46. The van der Waals surface area contributed by atoms with Crippen LogP contribution in [0, 0.1) is 12.8 Å². The van der Waals surface area contributed by atoms with E-state index in [2.05, 4.69) is 35.8 Å². The molecule has 4 rings (SSSR count). The number of unbranched alkanes of at least 4 members (excludes halogenated alkanes) is 1. The summed E-state index contributed by atoms with van der Waals surface area (Å²) in [6.07, 6.45) is 14.6. The first-order valence-electron chi connectivity index (χ1n) is 14.8. The third-order valence-electron chi connectivity index (χ3n) is 7.23. The van der Waals surface area contributed by atoms with E-state index in [1.165, 1.54) is 12.8 Å². The van der Waals surface area contributed by atoms with E-state index in [1.807, 2.05) is 62.4 Å². The summed E-state index contributed by atoms with van der Waals surface area (Å²) in [6.45, 7) is 12.4. The summed E-state index contributed by atoms with van der Waals surface area (Å²) in [7, 11) is 1.64. The van der Waals surface area contributed by atoms with Crippen LogP contribution in [0.15, 0.2) is 73.0 Å². The molecule has 2 aromatic heterocycles. The van der Waals surface area contributed by atoms with Gasteiger partial charge in [0, 0.05) is 23.9 Å². The Balaban J connectivity index is 0.00000114. The molecular formula is C34H44N4O4. The van der Waals surface area contributed by atoms with Gasteiger partial charge in [0.25, 0.3) is 5.91 Å². The third-order valence-corrected chi connectivity index (χ3v) is 7.23. The zero-order valence-corrected chi connectivity index (χ0v) is 25.6. The van der Waals surface area contributed by atoms with Gasteiger partial charge in [-0.2, -0.15) is 5.10 Å². The predicted octanol–water partition coefficient (Wildman–Crippen LogP) is 7.04. The van der Waals surface area contributed by atoms with Crippen molar-refractivity contribution < 1.29 is 19.1 Å². The van der Waals surface area contributed by atoms with Crippen molar-refractivity contribution in [2.45, 2.75) is 72.3 Å². The van der Waals surface area contributed by atoms with E-state index in [-0.39, 0.29) is 30.4 Å². The van der Waals surface area contributed by atoms with Gasteiger partial charge in [-0.25, -0.2) is 9.50 Å². The molecule has 224 valence electrons. The van der Waals surface area contributed by atoms with Gasteiger partial charge in [0.2, 0.25) is 0 Å². The molecule has 0 atom stereocenters. The highest BCUT2D eigenvalue weighted by atomic mass is 16.5. The van der Waals surface area contributed by atoms with Gasteiger partial charge in [0.1, 0.15) is 12.4 Å². The summed E-state index contributed by atoms with van der Waals surface area (Å²) < 4.78 is 12.6. The minimum absolute atomic E-state index is 0.0242. The number of esters is 1. The zero-order valence-electron chi connectivity index (χ0n) is 25.6. The van der Waals surface area contributed by atoms with Crippen LogP contribution < -0.4 is 10.1 Å². The summed E-state index contributed by atoms with van der Waals surface area (Å²) in [5.74, 6) is 0.160. The maximum absolute atomic E-state index is 13.0. The van der Waals surface area contributed by atoms with Gasteiger partial charge in [-0.3, -0.25) is 9.59 Å². The molecule has 8 heteroatoms. The maximum atomic E-state index is 13.0. The van der Waals surface area contributed by atoms with Crippen molar-refractivity contribution in [2.75, 3.05) is 13.7 Å². The molecular weight excluding hydrogens is 528 g/mol. The van der Waals surface area contributed by atoms with Crippen LogP contribution in [0.5, 0.6) is 5.75 Å². The van der Waals surface area contributed by atoms with Crippen molar-refractivity contribution in [3.8, 4) is 17.0 Å². The van der Waals surface area contributed by atoms with E-state index < -0.39 is 0 Å². The monoisotopic (exact) mass is 572 g/mol. The number of carbonyl (C=O) groups is 2. The van der Waals surface area contributed by atoms with E-state index in [1.54, 1.807) is 23.9 Å². The number of rotatable bonds is 10. The van der Waals surface area contributed by atoms with Crippen LogP contribution in [-0.4, -0.2) is 46.2 Å². The second kappa shape index (κ2) is 16.3. The fourth-order valence-electron chi connectivity index (χ4n) is 4.57. The summed E-state index contributed by atoms with van der Waals surface area (Å²) >= 11 is 0. The molecule has 0 unspecified atom stereocenters. The molecule has 1 amide bonds. The number of benzene rings is 1. The smallest absolute Gasteiger partial charge is 0.309 e. The average molecular weight is 573 g/mol. The van der Waals surface area contributed by atoms with Gasteiger partial charge in [0.05, 0.1) is 18.7 Å². The number of fused-ring (bicyclic) bond motifs is 1. The van der Waals surface area contributed by atoms with Crippen LogP contribution in [0.4, 0.5) is 0 Å². The van der Waals surface area contributed by atoms with Crippen LogP contribution in [0.3, 0.4) is 0 Å². The lowest BCUT2D eigenvalue weighted by Crippen LogP contribution is -2.39. The summed E-state index contributed by atoms with van der Waals surface area (Å²) in [5, 5.41) is 7.63. The molecule has 0 radical (unpaired) electrons. The number of nitrogens with one attached hydrogen (secondary N) is 1. The molecule has 3 aromatic rings. The Morgan fingerprint density at radius 2 is 1.83 bits per heavy atom. The molecule has 1 aromatic carbocycles. The molecule has 0 bridgehead atoms. The Hall–Kier alpha value is -4.20. The SMILES string of the molecule is C=C(/C=C\C=C/C)COC(=O)C1CCC(NC(=O)c2cc3nccc(-c4ccc(C)c(OC)c4)n3n2)CC1.CCCC. The topological polar surface area (TPSA) is 94.8 Å². The second-order valence-electron chi connectivity index (χ2n) is 10.5. The lowest BCUT2D eigenvalue weighted by atomic mass is 9.86. The van der Waals surface area contributed by atoms with Crippen molar-refractivity contribution in [2.24, 2.45) is 5.92 Å². The van der Waals surface area contributed by atoms with E-state index >= 15 is 0 Å². The minimum atomic E-state index is -0.252. The van der Waals surface area contributed by atoms with Gasteiger partial charge < -0.3 is 14.8 Å².